The molecule has 0 aromatic carbocycles. The van der Waals surface area contributed by atoms with Crippen LogP contribution in [0.25, 0.3) is 0 Å². The van der Waals surface area contributed by atoms with Gasteiger partial charge in [-0.25, -0.2) is 0 Å². The lowest BCUT2D eigenvalue weighted by atomic mass is 9.91. The van der Waals surface area contributed by atoms with E-state index in [4.69, 9.17) is 18.9 Å². The van der Waals surface area contributed by atoms with Crippen LogP contribution in [-0.2, 0) is 38.1 Å². The predicted octanol–water partition coefficient (Wildman–Crippen LogP) is 9.01. The minimum Gasteiger partial charge on any atom is -0.464 e. The largest absolute Gasteiger partial charge is 0.464 e. The first kappa shape index (κ1) is 42.9. The summed E-state index contributed by atoms with van der Waals surface area (Å²) >= 11 is 0. The fraction of sp³-hybridized carbons (Fsp3) is 0.892. The summed E-state index contributed by atoms with van der Waals surface area (Å²) in [5, 5.41) is 0. The average Bonchev–Trinajstić information content (AvgIpc) is 3.05. The summed E-state index contributed by atoms with van der Waals surface area (Å²) in [6.45, 7) is 15.4. The molecule has 0 heterocycles. The van der Waals surface area contributed by atoms with E-state index in [0.29, 0.717) is 25.7 Å². The highest BCUT2D eigenvalue weighted by Crippen LogP contribution is 2.27. The molecule has 0 aromatic heterocycles. The lowest BCUT2D eigenvalue weighted by Gasteiger charge is -2.33. The molecule has 0 rings (SSSR count). The highest BCUT2D eigenvalue weighted by molar-refractivity contribution is 5.74. The highest BCUT2D eigenvalue weighted by atomic mass is 16.6. The van der Waals surface area contributed by atoms with Gasteiger partial charge >= 0.3 is 23.9 Å². The van der Waals surface area contributed by atoms with Crippen LogP contribution in [0.4, 0.5) is 0 Å². The van der Waals surface area contributed by atoms with Crippen LogP contribution in [0.15, 0.2) is 0 Å². The van der Waals surface area contributed by atoms with Crippen molar-refractivity contribution in [1.29, 1.82) is 0 Å². The van der Waals surface area contributed by atoms with Crippen molar-refractivity contribution >= 4 is 23.9 Å². The number of ether oxygens (including phenoxy) is 4. The van der Waals surface area contributed by atoms with Crippen LogP contribution in [0.3, 0.4) is 0 Å². The van der Waals surface area contributed by atoms with Crippen LogP contribution in [0.5, 0.6) is 0 Å². The molecule has 4 atom stereocenters. The van der Waals surface area contributed by atoms with E-state index in [1.165, 1.54) is 0 Å². The van der Waals surface area contributed by atoms with Crippen molar-refractivity contribution in [3.05, 3.63) is 0 Å². The van der Waals surface area contributed by atoms with E-state index in [2.05, 4.69) is 27.7 Å². The minimum absolute atomic E-state index is 0.189. The molecule has 0 unspecified atom stereocenters. The van der Waals surface area contributed by atoms with Gasteiger partial charge in [0.15, 0.2) is 0 Å². The molecular weight excluding hydrogens is 572 g/mol. The Morgan fingerprint density at radius 2 is 0.600 bits per heavy atom. The molecule has 264 valence electrons. The molecule has 0 spiro atoms. The monoisotopic (exact) mass is 640 g/mol. The Balaban J connectivity index is 6.32. The summed E-state index contributed by atoms with van der Waals surface area (Å²) in [5.41, 5.74) is -1.23. The van der Waals surface area contributed by atoms with Crippen molar-refractivity contribution in [2.45, 2.75) is 158 Å². The Morgan fingerprint density at radius 3 is 0.756 bits per heavy atom. The van der Waals surface area contributed by atoms with Gasteiger partial charge in [-0.2, -0.15) is 0 Å². The Kier molecular flexibility index (Phi) is 24.8. The Hall–Kier alpha value is -2.12. The Labute approximate surface area is 275 Å². The third-order valence-electron chi connectivity index (χ3n) is 9.01. The van der Waals surface area contributed by atoms with Crippen LogP contribution >= 0.6 is 0 Å². The summed E-state index contributed by atoms with van der Waals surface area (Å²) in [5.74, 6) is -2.38. The van der Waals surface area contributed by atoms with Crippen molar-refractivity contribution in [3.8, 4) is 0 Å². The van der Waals surface area contributed by atoms with E-state index in [1.807, 2.05) is 27.7 Å². The number of rotatable bonds is 28. The quantitative estimate of drug-likeness (QED) is 0.0616. The van der Waals surface area contributed by atoms with Crippen molar-refractivity contribution in [1.82, 2.24) is 0 Å². The van der Waals surface area contributed by atoms with Crippen LogP contribution in [0.1, 0.15) is 158 Å². The Morgan fingerprint density at radius 1 is 0.400 bits per heavy atom. The van der Waals surface area contributed by atoms with E-state index in [0.717, 1.165) is 77.0 Å². The lowest BCUT2D eigenvalue weighted by Crippen LogP contribution is -2.45. The summed E-state index contributed by atoms with van der Waals surface area (Å²) in [6.07, 6.45) is 13.0. The average molecular weight is 641 g/mol. The molecule has 0 saturated heterocycles. The maximum atomic E-state index is 13.2. The van der Waals surface area contributed by atoms with Crippen LogP contribution in [-0.4, -0.2) is 50.3 Å². The second-order valence-electron chi connectivity index (χ2n) is 12.9. The zero-order valence-electron chi connectivity index (χ0n) is 30.2. The van der Waals surface area contributed by atoms with Gasteiger partial charge in [-0.1, -0.05) is 107 Å². The van der Waals surface area contributed by atoms with Crippen molar-refractivity contribution in [3.63, 3.8) is 0 Å². The van der Waals surface area contributed by atoms with E-state index in [9.17, 15) is 19.2 Å². The topological polar surface area (TPSA) is 105 Å². The number of unbranched alkanes of at least 4 members (excludes halogenated alkanes) is 4. The van der Waals surface area contributed by atoms with Gasteiger partial charge in [0.05, 0.1) is 23.7 Å². The minimum atomic E-state index is -1.23. The predicted molar refractivity (Wildman–Crippen MR) is 179 cm³/mol. The summed E-state index contributed by atoms with van der Waals surface area (Å²) < 4.78 is 23.6. The SMILES string of the molecule is CCCC[C@@H](CC)C(=O)OCC(COC(=O)[C@@H](CC)CCCC)(COC(=O)[C@@H](CC)CCCC)COC(=O)[C@@H](CC)CCCC. The molecule has 0 aromatic rings. The van der Waals surface area contributed by atoms with Gasteiger partial charge in [0.2, 0.25) is 0 Å². The number of carbonyl (C=O) groups is 4. The van der Waals surface area contributed by atoms with Gasteiger partial charge in [0.1, 0.15) is 31.8 Å². The number of esters is 4. The summed E-state index contributed by atoms with van der Waals surface area (Å²) in [4.78, 5) is 52.9. The van der Waals surface area contributed by atoms with Crippen molar-refractivity contribution in [2.75, 3.05) is 26.4 Å². The van der Waals surface area contributed by atoms with Crippen LogP contribution in [0, 0.1) is 29.1 Å². The molecule has 0 amide bonds. The molecule has 0 fully saturated rings. The van der Waals surface area contributed by atoms with E-state index < -0.39 is 5.41 Å². The molecule has 0 aliphatic carbocycles. The van der Waals surface area contributed by atoms with E-state index in [-0.39, 0.29) is 74.0 Å². The maximum absolute atomic E-state index is 13.2. The molecule has 0 bridgehead atoms. The van der Waals surface area contributed by atoms with Gasteiger partial charge in [0, 0.05) is 0 Å². The van der Waals surface area contributed by atoms with Gasteiger partial charge < -0.3 is 18.9 Å². The molecule has 0 aliphatic rings. The lowest BCUT2D eigenvalue weighted by molar-refractivity contribution is -0.176. The van der Waals surface area contributed by atoms with Gasteiger partial charge in [-0.15, -0.1) is 0 Å². The highest BCUT2D eigenvalue weighted by Gasteiger charge is 2.40. The fourth-order valence-corrected chi connectivity index (χ4v) is 5.37. The summed E-state index contributed by atoms with van der Waals surface area (Å²) in [7, 11) is 0. The molecule has 0 radical (unpaired) electrons. The second-order valence-corrected chi connectivity index (χ2v) is 12.9. The van der Waals surface area contributed by atoms with Gasteiger partial charge in [-0.3, -0.25) is 19.2 Å². The maximum Gasteiger partial charge on any atom is 0.308 e. The first-order valence-electron chi connectivity index (χ1n) is 18.3. The summed E-state index contributed by atoms with van der Waals surface area (Å²) in [6, 6.07) is 0. The third kappa shape index (κ3) is 17.4. The fourth-order valence-electron chi connectivity index (χ4n) is 5.37. The molecule has 0 saturated carbocycles. The standard InChI is InChI=1S/C37H68O8/c1-9-17-21-29(13-5)33(38)42-25-37(26-43-34(39)30(14-6)22-18-10-2,27-44-35(40)31(15-7)23-19-11-3)28-45-36(41)32(16-8)24-20-12-4/h29-32H,9-28H2,1-8H3/t29-,30-,31-,32+/m0/s1. The molecule has 8 heteroatoms. The molecule has 0 aliphatic heterocycles. The molecule has 8 nitrogen and oxygen atoms in total. The smallest absolute Gasteiger partial charge is 0.308 e. The van der Waals surface area contributed by atoms with Crippen molar-refractivity contribution in [2.24, 2.45) is 29.1 Å². The number of hydrogen-bond donors (Lipinski definition) is 0. The van der Waals surface area contributed by atoms with Gasteiger partial charge in [-0.05, 0) is 51.4 Å². The molecule has 45 heavy (non-hydrogen) atoms. The number of hydrogen-bond acceptors (Lipinski definition) is 8. The van der Waals surface area contributed by atoms with Crippen LogP contribution in [0.2, 0.25) is 0 Å². The van der Waals surface area contributed by atoms with Crippen molar-refractivity contribution < 1.29 is 38.1 Å². The first-order valence-corrected chi connectivity index (χ1v) is 18.3. The Bertz CT molecular complexity index is 677. The zero-order chi connectivity index (χ0) is 34.1. The van der Waals surface area contributed by atoms with Gasteiger partial charge in [0.25, 0.3) is 0 Å². The zero-order valence-corrected chi connectivity index (χ0v) is 30.2. The third-order valence-corrected chi connectivity index (χ3v) is 9.01. The van der Waals surface area contributed by atoms with E-state index in [1.54, 1.807) is 0 Å². The second kappa shape index (κ2) is 26.0. The van der Waals surface area contributed by atoms with Crippen LogP contribution < -0.4 is 0 Å². The molecule has 0 N–H and O–H groups in total. The molecular formula is C37H68O8. The number of carbonyl (C=O) groups excluding carboxylic acids is 4. The van der Waals surface area contributed by atoms with E-state index >= 15 is 0 Å². The first-order chi connectivity index (χ1) is 21.6. The normalized spacial score (nSPS) is 14.2.